The van der Waals surface area contributed by atoms with Gasteiger partial charge in [-0.3, -0.25) is 4.79 Å². The van der Waals surface area contributed by atoms with Crippen LogP contribution in [0.5, 0.6) is 0 Å². The number of amides is 1. The number of carbonyl (C=O) groups is 1. The van der Waals surface area contributed by atoms with Crippen LogP contribution in [0.1, 0.15) is 10.4 Å². The molecule has 1 amide bonds. The van der Waals surface area contributed by atoms with Gasteiger partial charge in [-0.2, -0.15) is 4.31 Å². The van der Waals surface area contributed by atoms with Crippen LogP contribution in [0.15, 0.2) is 53.4 Å². The number of hydrogen-bond donors (Lipinski definition) is 1. The summed E-state index contributed by atoms with van der Waals surface area (Å²) in [5.74, 6) is -0.234. The third-order valence-electron chi connectivity index (χ3n) is 3.81. The summed E-state index contributed by atoms with van der Waals surface area (Å²) >= 11 is 2.14. The van der Waals surface area contributed by atoms with Gasteiger partial charge in [-0.15, -0.1) is 0 Å². The fraction of sp³-hybridized carbons (Fsp3) is 0.235. The van der Waals surface area contributed by atoms with Gasteiger partial charge in [0.05, 0.1) is 18.1 Å². The molecule has 1 heterocycles. The van der Waals surface area contributed by atoms with E-state index < -0.39 is 10.0 Å². The van der Waals surface area contributed by atoms with Crippen molar-refractivity contribution in [3.63, 3.8) is 0 Å². The van der Waals surface area contributed by atoms with E-state index in [1.54, 1.807) is 24.3 Å². The minimum atomic E-state index is -3.53. The summed E-state index contributed by atoms with van der Waals surface area (Å²) in [6.45, 7) is 1.52. The maximum atomic E-state index is 12.6. The standard InChI is InChI=1S/C17H17IN2O4S/c18-14-3-1-2-13(12-14)17(21)19-15-4-6-16(7-5-15)25(22,23)20-8-10-24-11-9-20/h1-7,12H,8-11H2,(H,19,21). The number of halogens is 1. The summed E-state index contributed by atoms with van der Waals surface area (Å²) in [5.41, 5.74) is 1.10. The zero-order chi connectivity index (χ0) is 17.9. The number of ether oxygens (including phenoxy) is 1. The molecule has 1 N–H and O–H groups in total. The maximum Gasteiger partial charge on any atom is 0.255 e. The molecule has 1 aliphatic heterocycles. The van der Waals surface area contributed by atoms with E-state index in [-0.39, 0.29) is 10.8 Å². The third kappa shape index (κ3) is 4.38. The maximum absolute atomic E-state index is 12.6. The van der Waals surface area contributed by atoms with Crippen LogP contribution in [-0.4, -0.2) is 44.9 Å². The Morgan fingerprint density at radius 3 is 2.40 bits per heavy atom. The van der Waals surface area contributed by atoms with E-state index in [4.69, 9.17) is 4.74 Å². The zero-order valence-electron chi connectivity index (χ0n) is 13.3. The Morgan fingerprint density at radius 1 is 1.08 bits per heavy atom. The van der Waals surface area contributed by atoms with Crippen molar-refractivity contribution < 1.29 is 17.9 Å². The Kier molecular flexibility index (Phi) is 5.72. The van der Waals surface area contributed by atoms with Crippen LogP contribution in [0.25, 0.3) is 0 Å². The van der Waals surface area contributed by atoms with Crippen molar-refractivity contribution >= 4 is 44.2 Å². The first-order valence-corrected chi connectivity index (χ1v) is 10.2. The first kappa shape index (κ1) is 18.3. The first-order valence-electron chi connectivity index (χ1n) is 7.72. The number of nitrogens with zero attached hydrogens (tertiary/aromatic N) is 1. The number of sulfonamides is 1. The first-order chi connectivity index (χ1) is 12.0. The van der Waals surface area contributed by atoms with Crippen molar-refractivity contribution in [2.45, 2.75) is 4.90 Å². The molecule has 0 bridgehead atoms. The third-order valence-corrected chi connectivity index (χ3v) is 6.39. The predicted molar refractivity (Wildman–Crippen MR) is 103 cm³/mol. The number of benzene rings is 2. The molecule has 6 nitrogen and oxygen atoms in total. The van der Waals surface area contributed by atoms with Crippen molar-refractivity contribution in [2.24, 2.45) is 0 Å². The molecule has 132 valence electrons. The second kappa shape index (κ2) is 7.81. The summed E-state index contributed by atoms with van der Waals surface area (Å²) < 4.78 is 32.7. The summed E-state index contributed by atoms with van der Waals surface area (Å²) in [6.07, 6.45) is 0. The number of carbonyl (C=O) groups excluding carboxylic acids is 1. The Labute approximate surface area is 160 Å². The van der Waals surface area contributed by atoms with Gasteiger partial charge < -0.3 is 10.1 Å². The molecule has 0 atom stereocenters. The SMILES string of the molecule is O=C(Nc1ccc(S(=O)(=O)N2CCOCC2)cc1)c1cccc(I)c1. The number of hydrogen-bond acceptors (Lipinski definition) is 4. The highest BCUT2D eigenvalue weighted by molar-refractivity contribution is 14.1. The number of rotatable bonds is 4. The van der Waals surface area contributed by atoms with Crippen molar-refractivity contribution in [1.29, 1.82) is 0 Å². The normalized spacial score (nSPS) is 15.7. The lowest BCUT2D eigenvalue weighted by atomic mass is 10.2. The average Bonchev–Trinajstić information content (AvgIpc) is 2.63. The van der Waals surface area contributed by atoms with Crippen LogP contribution in [0, 0.1) is 3.57 Å². The van der Waals surface area contributed by atoms with Gasteiger partial charge in [0.15, 0.2) is 0 Å². The van der Waals surface area contributed by atoms with Gasteiger partial charge in [-0.1, -0.05) is 6.07 Å². The van der Waals surface area contributed by atoms with Crippen molar-refractivity contribution in [2.75, 3.05) is 31.6 Å². The summed E-state index contributed by atoms with van der Waals surface area (Å²) in [5, 5.41) is 2.77. The molecular formula is C17H17IN2O4S. The monoisotopic (exact) mass is 472 g/mol. The van der Waals surface area contributed by atoms with E-state index in [0.717, 1.165) is 3.57 Å². The molecule has 0 radical (unpaired) electrons. The predicted octanol–water partition coefficient (Wildman–Crippen LogP) is 2.56. The molecule has 2 aromatic rings. The van der Waals surface area contributed by atoms with Gasteiger partial charge in [0.1, 0.15) is 0 Å². The van der Waals surface area contributed by atoms with E-state index >= 15 is 0 Å². The fourth-order valence-electron chi connectivity index (χ4n) is 2.48. The number of nitrogens with one attached hydrogen (secondary N) is 1. The largest absolute Gasteiger partial charge is 0.379 e. The van der Waals surface area contributed by atoms with Crippen LogP contribution < -0.4 is 5.32 Å². The lowest BCUT2D eigenvalue weighted by molar-refractivity contribution is 0.0730. The second-order valence-corrected chi connectivity index (χ2v) is 8.69. The van der Waals surface area contributed by atoms with E-state index in [9.17, 15) is 13.2 Å². The molecule has 1 aliphatic rings. The molecule has 0 unspecified atom stereocenters. The van der Waals surface area contributed by atoms with E-state index in [2.05, 4.69) is 27.9 Å². The van der Waals surface area contributed by atoms with E-state index in [1.165, 1.54) is 16.4 Å². The molecule has 25 heavy (non-hydrogen) atoms. The highest BCUT2D eigenvalue weighted by atomic mass is 127. The number of morpholine rings is 1. The fourth-order valence-corrected chi connectivity index (χ4v) is 4.43. The molecule has 0 aromatic heterocycles. The van der Waals surface area contributed by atoms with Crippen molar-refractivity contribution in [3.8, 4) is 0 Å². The number of anilines is 1. The van der Waals surface area contributed by atoms with Crippen LogP contribution in [0.4, 0.5) is 5.69 Å². The van der Waals surface area contributed by atoms with E-state index in [0.29, 0.717) is 37.6 Å². The highest BCUT2D eigenvalue weighted by Gasteiger charge is 2.26. The van der Waals surface area contributed by atoms with Gasteiger partial charge >= 0.3 is 0 Å². The minimum absolute atomic E-state index is 0.210. The summed E-state index contributed by atoms with van der Waals surface area (Å²) in [4.78, 5) is 12.5. The van der Waals surface area contributed by atoms with Crippen LogP contribution in [-0.2, 0) is 14.8 Å². The van der Waals surface area contributed by atoms with Crippen LogP contribution in [0.3, 0.4) is 0 Å². The minimum Gasteiger partial charge on any atom is -0.379 e. The molecule has 3 rings (SSSR count). The Bertz CT molecular complexity index is 862. The van der Waals surface area contributed by atoms with Gasteiger partial charge in [0, 0.05) is 27.9 Å². The van der Waals surface area contributed by atoms with Crippen LogP contribution in [0.2, 0.25) is 0 Å². The van der Waals surface area contributed by atoms with Crippen molar-refractivity contribution in [3.05, 3.63) is 57.7 Å². The Morgan fingerprint density at radius 2 is 1.76 bits per heavy atom. The van der Waals surface area contributed by atoms with E-state index in [1.807, 2.05) is 12.1 Å². The lowest BCUT2D eigenvalue weighted by Crippen LogP contribution is -2.40. The zero-order valence-corrected chi connectivity index (χ0v) is 16.3. The molecule has 0 saturated carbocycles. The van der Waals surface area contributed by atoms with Gasteiger partial charge in [-0.25, -0.2) is 8.42 Å². The van der Waals surface area contributed by atoms with Crippen LogP contribution >= 0.6 is 22.6 Å². The van der Waals surface area contributed by atoms with Gasteiger partial charge in [-0.05, 0) is 65.1 Å². The molecule has 1 saturated heterocycles. The second-order valence-electron chi connectivity index (χ2n) is 5.51. The topological polar surface area (TPSA) is 75.7 Å². The average molecular weight is 472 g/mol. The molecule has 1 fully saturated rings. The summed E-state index contributed by atoms with van der Waals surface area (Å²) in [7, 11) is -3.53. The highest BCUT2D eigenvalue weighted by Crippen LogP contribution is 2.20. The van der Waals surface area contributed by atoms with Crippen molar-refractivity contribution in [1.82, 2.24) is 4.31 Å². The molecule has 2 aromatic carbocycles. The van der Waals surface area contributed by atoms with Gasteiger partial charge in [0.25, 0.3) is 5.91 Å². The molecular weight excluding hydrogens is 455 g/mol. The Hall–Kier alpha value is -1.49. The molecule has 0 aliphatic carbocycles. The lowest BCUT2D eigenvalue weighted by Gasteiger charge is -2.26. The van der Waals surface area contributed by atoms with Gasteiger partial charge in [0.2, 0.25) is 10.0 Å². The molecule has 0 spiro atoms. The Balaban J connectivity index is 1.73. The smallest absolute Gasteiger partial charge is 0.255 e. The molecule has 8 heteroatoms. The quantitative estimate of drug-likeness (QED) is 0.695. The summed E-state index contributed by atoms with van der Waals surface area (Å²) in [6, 6.07) is 13.4.